The smallest absolute Gasteiger partial charge is 0.0107 e. The van der Waals surface area contributed by atoms with E-state index in [1.54, 1.807) is 0 Å². The van der Waals surface area contributed by atoms with Crippen LogP contribution >= 0.6 is 0 Å². The van der Waals surface area contributed by atoms with Crippen molar-refractivity contribution in [3.8, 4) is 0 Å². The van der Waals surface area contributed by atoms with Gasteiger partial charge in [0, 0.05) is 6.04 Å². The van der Waals surface area contributed by atoms with Crippen LogP contribution < -0.4 is 0 Å². The fourth-order valence-electron chi connectivity index (χ4n) is 3.53. The van der Waals surface area contributed by atoms with E-state index in [4.69, 9.17) is 0 Å². The third-order valence-electron chi connectivity index (χ3n) is 5.23. The van der Waals surface area contributed by atoms with Crippen molar-refractivity contribution < 1.29 is 0 Å². The normalized spacial score (nSPS) is 20.9. The lowest BCUT2D eigenvalue weighted by Crippen LogP contribution is -2.45. The molecular weight excluding hydrogens is 242 g/mol. The second-order valence-corrected chi connectivity index (χ2v) is 7.08. The highest BCUT2D eigenvalue weighted by molar-refractivity contribution is 4.82. The van der Waals surface area contributed by atoms with Gasteiger partial charge in [0.25, 0.3) is 0 Å². The van der Waals surface area contributed by atoms with E-state index < -0.39 is 0 Å². The number of hydrogen-bond donors (Lipinski definition) is 0. The molecule has 1 heterocycles. The predicted octanol–water partition coefficient (Wildman–Crippen LogP) is 6.03. The first-order chi connectivity index (χ1) is 9.77. The molecular formula is C19H39N. The molecule has 1 aliphatic heterocycles. The second-order valence-electron chi connectivity index (χ2n) is 7.08. The van der Waals surface area contributed by atoms with Gasteiger partial charge in [0.05, 0.1) is 0 Å². The molecule has 2 atom stereocenters. The number of likely N-dealkylation sites (tertiary alicyclic amines) is 1. The van der Waals surface area contributed by atoms with Crippen LogP contribution in [0.2, 0.25) is 0 Å². The molecule has 0 bridgehead atoms. The fourth-order valence-corrected chi connectivity index (χ4v) is 3.53. The van der Waals surface area contributed by atoms with Crippen LogP contribution in [0.15, 0.2) is 0 Å². The monoisotopic (exact) mass is 281 g/mol. The van der Waals surface area contributed by atoms with Crippen molar-refractivity contribution in [1.29, 1.82) is 0 Å². The third kappa shape index (κ3) is 7.67. The molecule has 0 spiro atoms. The van der Waals surface area contributed by atoms with Crippen LogP contribution in [0, 0.1) is 5.92 Å². The van der Waals surface area contributed by atoms with Gasteiger partial charge in [0.15, 0.2) is 0 Å². The Morgan fingerprint density at radius 1 is 0.850 bits per heavy atom. The zero-order valence-electron chi connectivity index (χ0n) is 14.5. The van der Waals surface area contributed by atoms with Gasteiger partial charge in [-0.25, -0.2) is 0 Å². The maximum atomic E-state index is 2.56. The van der Waals surface area contributed by atoms with Crippen LogP contribution in [0.4, 0.5) is 0 Å². The highest BCUT2D eigenvalue weighted by Crippen LogP contribution is 2.28. The zero-order chi connectivity index (χ0) is 14.6. The maximum Gasteiger partial charge on any atom is 0.0107 e. The minimum absolute atomic E-state index is 0.918. The minimum Gasteiger partial charge on any atom is -0.303 e. The zero-order valence-corrected chi connectivity index (χ0v) is 14.5. The number of unbranched alkanes of at least 4 members (excludes halogenated alkanes) is 7. The highest BCUT2D eigenvalue weighted by Gasteiger charge is 2.26. The van der Waals surface area contributed by atoms with E-state index >= 15 is 0 Å². The Balaban J connectivity index is 2.12. The number of hydrogen-bond acceptors (Lipinski definition) is 1. The first-order valence-electron chi connectivity index (χ1n) is 9.48. The summed E-state index contributed by atoms with van der Waals surface area (Å²) in [5.41, 5.74) is 0. The van der Waals surface area contributed by atoms with E-state index in [2.05, 4.69) is 25.8 Å². The molecule has 1 fully saturated rings. The molecule has 1 saturated heterocycles. The first-order valence-corrected chi connectivity index (χ1v) is 9.48. The van der Waals surface area contributed by atoms with E-state index in [1.807, 2.05) is 0 Å². The van der Waals surface area contributed by atoms with Crippen LogP contribution in [0.25, 0.3) is 0 Å². The second kappa shape index (κ2) is 11.6. The molecule has 0 saturated carbocycles. The third-order valence-corrected chi connectivity index (χ3v) is 5.23. The molecule has 0 N–H and O–H groups in total. The molecule has 1 unspecified atom stereocenters. The van der Waals surface area contributed by atoms with E-state index in [9.17, 15) is 0 Å². The summed E-state index contributed by atoms with van der Waals surface area (Å²) in [5, 5.41) is 0. The Labute approximate surface area is 128 Å². The van der Waals surface area contributed by atoms with Gasteiger partial charge in [-0.1, -0.05) is 84.5 Å². The summed E-state index contributed by atoms with van der Waals surface area (Å²) >= 11 is 0. The van der Waals surface area contributed by atoms with Gasteiger partial charge in [-0.3, -0.25) is 0 Å². The van der Waals surface area contributed by atoms with E-state index in [0.717, 1.165) is 12.0 Å². The van der Waals surface area contributed by atoms with Crippen molar-refractivity contribution in [3.63, 3.8) is 0 Å². The molecule has 0 radical (unpaired) electrons. The summed E-state index contributed by atoms with van der Waals surface area (Å²) in [6.07, 6.45) is 18.9. The van der Waals surface area contributed by atoms with Crippen molar-refractivity contribution in [2.24, 2.45) is 5.92 Å². The van der Waals surface area contributed by atoms with E-state index in [0.29, 0.717) is 0 Å². The van der Waals surface area contributed by atoms with Gasteiger partial charge in [-0.2, -0.15) is 0 Å². The lowest BCUT2D eigenvalue weighted by atomic mass is 9.85. The highest BCUT2D eigenvalue weighted by atomic mass is 15.2. The van der Waals surface area contributed by atoms with Gasteiger partial charge in [0.2, 0.25) is 0 Å². The summed E-state index contributed by atoms with van der Waals surface area (Å²) in [7, 11) is 2.31. The topological polar surface area (TPSA) is 3.24 Å². The Kier molecular flexibility index (Phi) is 10.4. The van der Waals surface area contributed by atoms with Crippen LogP contribution in [0.5, 0.6) is 0 Å². The van der Waals surface area contributed by atoms with Crippen LogP contribution in [0.1, 0.15) is 97.3 Å². The van der Waals surface area contributed by atoms with Gasteiger partial charge in [-0.15, -0.1) is 0 Å². The van der Waals surface area contributed by atoms with Crippen LogP contribution in [0.3, 0.4) is 0 Å². The van der Waals surface area contributed by atoms with E-state index in [-0.39, 0.29) is 0 Å². The van der Waals surface area contributed by atoms with Crippen LogP contribution in [-0.2, 0) is 0 Å². The lowest BCUT2D eigenvalue weighted by Gasteiger charge is -2.40. The molecule has 20 heavy (non-hydrogen) atoms. The SMILES string of the molecule is CCCCCCCCC(CCCCC)C[C@@H]1CCN1C. The lowest BCUT2D eigenvalue weighted by molar-refractivity contribution is 0.0970. The molecule has 0 aromatic rings. The van der Waals surface area contributed by atoms with Gasteiger partial charge < -0.3 is 4.90 Å². The number of rotatable bonds is 13. The molecule has 0 aliphatic carbocycles. The molecule has 0 amide bonds. The van der Waals surface area contributed by atoms with E-state index in [1.165, 1.54) is 90.0 Å². The standard InChI is InChI=1S/C19H39N/c1-4-6-8-9-10-12-14-18(13-11-7-5-2)17-19-15-16-20(19)3/h18-19H,4-17H2,1-3H3/t18?,19-/m0/s1. The molecule has 0 aromatic heterocycles. The van der Waals surface area contributed by atoms with Crippen molar-refractivity contribution in [3.05, 3.63) is 0 Å². The number of nitrogens with zero attached hydrogens (tertiary/aromatic N) is 1. The average molecular weight is 282 g/mol. The molecule has 0 aromatic carbocycles. The predicted molar refractivity (Wildman–Crippen MR) is 91.3 cm³/mol. The van der Waals surface area contributed by atoms with Gasteiger partial charge >= 0.3 is 0 Å². The van der Waals surface area contributed by atoms with Crippen molar-refractivity contribution in [2.45, 2.75) is 103 Å². The summed E-state index contributed by atoms with van der Waals surface area (Å²) in [6.45, 7) is 5.96. The summed E-state index contributed by atoms with van der Waals surface area (Å²) in [5.74, 6) is 1.01. The molecule has 1 heteroatoms. The maximum absolute atomic E-state index is 2.56. The molecule has 1 nitrogen and oxygen atoms in total. The van der Waals surface area contributed by atoms with Gasteiger partial charge in [0.1, 0.15) is 0 Å². The summed E-state index contributed by atoms with van der Waals surface area (Å²) < 4.78 is 0. The largest absolute Gasteiger partial charge is 0.303 e. The minimum atomic E-state index is 0.918. The quantitative estimate of drug-likeness (QED) is 0.373. The van der Waals surface area contributed by atoms with Gasteiger partial charge in [-0.05, 0) is 32.4 Å². The Morgan fingerprint density at radius 3 is 1.95 bits per heavy atom. The average Bonchev–Trinajstić information content (AvgIpc) is 2.46. The van der Waals surface area contributed by atoms with Crippen molar-refractivity contribution in [2.75, 3.05) is 13.6 Å². The Bertz CT molecular complexity index is 214. The first kappa shape index (κ1) is 18.0. The van der Waals surface area contributed by atoms with Crippen molar-refractivity contribution >= 4 is 0 Å². The molecule has 1 aliphatic rings. The summed E-state index contributed by atoms with van der Waals surface area (Å²) in [4.78, 5) is 2.56. The molecule has 1 rings (SSSR count). The summed E-state index contributed by atoms with van der Waals surface area (Å²) in [6, 6.07) is 0.918. The fraction of sp³-hybridized carbons (Fsp3) is 1.00. The Morgan fingerprint density at radius 2 is 1.40 bits per heavy atom. The molecule has 120 valence electrons. The van der Waals surface area contributed by atoms with Crippen molar-refractivity contribution in [1.82, 2.24) is 4.90 Å². The van der Waals surface area contributed by atoms with Crippen LogP contribution in [-0.4, -0.2) is 24.5 Å². The Hall–Kier alpha value is -0.0400.